The van der Waals surface area contributed by atoms with E-state index in [2.05, 4.69) is 12.2 Å². The topological polar surface area (TPSA) is 21.3 Å². The van der Waals surface area contributed by atoms with Gasteiger partial charge in [-0.05, 0) is 43.0 Å². The molecule has 1 aliphatic rings. The van der Waals surface area contributed by atoms with Crippen molar-refractivity contribution in [2.24, 2.45) is 5.92 Å². The average molecular weight is 258 g/mol. The molecule has 4 heteroatoms. The Labute approximate surface area is 106 Å². The van der Waals surface area contributed by atoms with Crippen LogP contribution in [0.5, 0.6) is 0 Å². The Morgan fingerprint density at radius 1 is 1.59 bits per heavy atom. The summed E-state index contributed by atoms with van der Waals surface area (Å²) in [5, 5.41) is 3.98. The molecule has 1 fully saturated rings. The van der Waals surface area contributed by atoms with Crippen LogP contribution in [0.15, 0.2) is 18.2 Å². The lowest BCUT2D eigenvalue weighted by Crippen LogP contribution is -2.33. The number of nitrogens with one attached hydrogen (secondary N) is 1. The van der Waals surface area contributed by atoms with E-state index in [-0.39, 0.29) is 5.82 Å². The van der Waals surface area contributed by atoms with Crippen LogP contribution in [0, 0.1) is 11.7 Å². The van der Waals surface area contributed by atoms with Crippen molar-refractivity contribution in [3.63, 3.8) is 0 Å². The highest BCUT2D eigenvalue weighted by Crippen LogP contribution is 2.19. The first-order valence-electron chi connectivity index (χ1n) is 5.92. The quantitative estimate of drug-likeness (QED) is 0.895. The van der Waals surface area contributed by atoms with E-state index in [1.165, 1.54) is 12.1 Å². The molecule has 0 bridgehead atoms. The van der Waals surface area contributed by atoms with Crippen LogP contribution in [0.2, 0.25) is 5.02 Å². The summed E-state index contributed by atoms with van der Waals surface area (Å²) in [6.07, 6.45) is 1.09. The number of benzene rings is 1. The lowest BCUT2D eigenvalue weighted by molar-refractivity contribution is 0.178. The molecular weight excluding hydrogens is 241 g/mol. The molecular formula is C13H17ClFNO. The Hall–Kier alpha value is -0.640. The predicted molar refractivity (Wildman–Crippen MR) is 66.6 cm³/mol. The molecule has 2 nitrogen and oxygen atoms in total. The van der Waals surface area contributed by atoms with E-state index in [0.717, 1.165) is 25.2 Å². The van der Waals surface area contributed by atoms with E-state index in [1.807, 2.05) is 0 Å². The third-order valence-corrected chi connectivity index (χ3v) is 3.66. The van der Waals surface area contributed by atoms with Gasteiger partial charge in [0, 0.05) is 24.2 Å². The van der Waals surface area contributed by atoms with E-state index in [9.17, 15) is 4.39 Å². The number of hydrogen-bond donors (Lipinski definition) is 1. The zero-order valence-electron chi connectivity index (χ0n) is 9.88. The van der Waals surface area contributed by atoms with E-state index >= 15 is 0 Å². The van der Waals surface area contributed by atoms with Gasteiger partial charge in [0.05, 0.1) is 6.61 Å². The highest BCUT2D eigenvalue weighted by atomic mass is 35.5. The molecule has 2 atom stereocenters. The zero-order chi connectivity index (χ0) is 12.3. The highest BCUT2D eigenvalue weighted by Gasteiger charge is 2.21. The van der Waals surface area contributed by atoms with E-state index in [1.54, 1.807) is 6.07 Å². The summed E-state index contributed by atoms with van der Waals surface area (Å²) in [5.74, 6) is 0.297. The SMILES string of the molecule is C[C@H](NCc1cc(F)ccc1Cl)[C@H]1CCOC1. The van der Waals surface area contributed by atoms with Gasteiger partial charge in [-0.2, -0.15) is 0 Å². The normalized spacial score (nSPS) is 21.7. The molecule has 2 rings (SSSR count). The molecule has 0 aromatic heterocycles. The summed E-state index contributed by atoms with van der Waals surface area (Å²) in [6.45, 7) is 4.38. The van der Waals surface area contributed by atoms with E-state index in [0.29, 0.717) is 23.5 Å². The van der Waals surface area contributed by atoms with E-state index in [4.69, 9.17) is 16.3 Å². The minimum absolute atomic E-state index is 0.247. The van der Waals surface area contributed by atoms with Gasteiger partial charge in [-0.3, -0.25) is 0 Å². The molecule has 0 unspecified atom stereocenters. The Morgan fingerprint density at radius 3 is 3.12 bits per heavy atom. The number of hydrogen-bond acceptors (Lipinski definition) is 2. The molecule has 17 heavy (non-hydrogen) atoms. The van der Waals surface area contributed by atoms with Gasteiger partial charge in [0.25, 0.3) is 0 Å². The van der Waals surface area contributed by atoms with Crippen molar-refractivity contribution in [1.82, 2.24) is 5.32 Å². The second-order valence-corrected chi connectivity index (χ2v) is 4.94. The van der Waals surface area contributed by atoms with Gasteiger partial charge in [-0.1, -0.05) is 11.6 Å². The smallest absolute Gasteiger partial charge is 0.123 e. The molecule has 1 heterocycles. The van der Waals surface area contributed by atoms with E-state index < -0.39 is 0 Å². The minimum atomic E-state index is -0.247. The van der Waals surface area contributed by atoms with Crippen LogP contribution >= 0.6 is 11.6 Å². The number of rotatable bonds is 4. The number of ether oxygens (including phenoxy) is 1. The van der Waals surface area contributed by atoms with Crippen molar-refractivity contribution in [3.8, 4) is 0 Å². The van der Waals surface area contributed by atoms with Crippen molar-refractivity contribution < 1.29 is 9.13 Å². The van der Waals surface area contributed by atoms with Crippen LogP contribution in [0.4, 0.5) is 4.39 Å². The van der Waals surface area contributed by atoms with Gasteiger partial charge in [0.15, 0.2) is 0 Å². The maximum atomic E-state index is 13.1. The minimum Gasteiger partial charge on any atom is -0.381 e. The first-order valence-corrected chi connectivity index (χ1v) is 6.29. The second kappa shape index (κ2) is 5.80. The molecule has 1 aliphatic heterocycles. The molecule has 0 aliphatic carbocycles. The maximum absolute atomic E-state index is 13.1. The average Bonchev–Trinajstić information content (AvgIpc) is 2.83. The Bertz CT molecular complexity index is 380. The van der Waals surface area contributed by atoms with Crippen molar-refractivity contribution in [3.05, 3.63) is 34.6 Å². The van der Waals surface area contributed by atoms with Gasteiger partial charge in [0.1, 0.15) is 5.82 Å². The van der Waals surface area contributed by atoms with Crippen LogP contribution in [0.25, 0.3) is 0 Å². The zero-order valence-corrected chi connectivity index (χ0v) is 10.6. The lowest BCUT2D eigenvalue weighted by atomic mass is 10.0. The largest absolute Gasteiger partial charge is 0.381 e. The Kier molecular flexibility index (Phi) is 4.37. The summed E-state index contributed by atoms with van der Waals surface area (Å²) in [5.41, 5.74) is 0.803. The van der Waals surface area contributed by atoms with Crippen LogP contribution in [0.1, 0.15) is 18.9 Å². The molecule has 0 radical (unpaired) electrons. The first kappa shape index (κ1) is 12.8. The standard InChI is InChI=1S/C13H17ClFNO/c1-9(10-4-5-17-8-10)16-7-11-6-12(15)2-3-13(11)14/h2-3,6,9-10,16H,4-5,7-8H2,1H3/t9-,10-/m0/s1. The molecule has 94 valence electrons. The Balaban J connectivity index is 1.90. The summed E-state index contributed by atoms with van der Waals surface area (Å²) in [4.78, 5) is 0. The van der Waals surface area contributed by atoms with Crippen LogP contribution in [-0.4, -0.2) is 19.3 Å². The second-order valence-electron chi connectivity index (χ2n) is 4.53. The fourth-order valence-electron chi connectivity index (χ4n) is 2.06. The van der Waals surface area contributed by atoms with Gasteiger partial charge in [0.2, 0.25) is 0 Å². The molecule has 0 amide bonds. The van der Waals surface area contributed by atoms with Gasteiger partial charge >= 0.3 is 0 Å². The molecule has 1 aromatic rings. The molecule has 0 spiro atoms. The summed E-state index contributed by atoms with van der Waals surface area (Å²) in [7, 11) is 0. The van der Waals surface area contributed by atoms with Crippen molar-refractivity contribution in [2.45, 2.75) is 25.9 Å². The summed E-state index contributed by atoms with van der Waals surface area (Å²) in [6, 6.07) is 4.81. The molecule has 1 aromatic carbocycles. The van der Waals surface area contributed by atoms with Crippen molar-refractivity contribution in [2.75, 3.05) is 13.2 Å². The van der Waals surface area contributed by atoms with Crippen molar-refractivity contribution >= 4 is 11.6 Å². The van der Waals surface area contributed by atoms with Crippen molar-refractivity contribution in [1.29, 1.82) is 0 Å². The van der Waals surface area contributed by atoms with Crippen LogP contribution < -0.4 is 5.32 Å². The van der Waals surface area contributed by atoms with Gasteiger partial charge in [-0.15, -0.1) is 0 Å². The maximum Gasteiger partial charge on any atom is 0.123 e. The lowest BCUT2D eigenvalue weighted by Gasteiger charge is -2.19. The highest BCUT2D eigenvalue weighted by molar-refractivity contribution is 6.31. The summed E-state index contributed by atoms with van der Waals surface area (Å²) < 4.78 is 18.4. The van der Waals surface area contributed by atoms with Gasteiger partial charge in [-0.25, -0.2) is 4.39 Å². The fraction of sp³-hybridized carbons (Fsp3) is 0.538. The summed E-state index contributed by atoms with van der Waals surface area (Å²) >= 11 is 6.01. The fourth-order valence-corrected chi connectivity index (χ4v) is 2.25. The van der Waals surface area contributed by atoms with Gasteiger partial charge < -0.3 is 10.1 Å². The van der Waals surface area contributed by atoms with Crippen LogP contribution in [0.3, 0.4) is 0 Å². The Morgan fingerprint density at radius 2 is 2.41 bits per heavy atom. The third-order valence-electron chi connectivity index (χ3n) is 3.29. The van der Waals surface area contributed by atoms with Crippen LogP contribution in [-0.2, 0) is 11.3 Å². The predicted octanol–water partition coefficient (Wildman–Crippen LogP) is 2.99. The first-order chi connectivity index (χ1) is 8.16. The third kappa shape index (κ3) is 3.41. The molecule has 1 N–H and O–H groups in total. The number of halogens is 2. The molecule has 1 saturated heterocycles. The molecule has 0 saturated carbocycles. The monoisotopic (exact) mass is 257 g/mol.